The number of halogens is 1. The van der Waals surface area contributed by atoms with Crippen molar-refractivity contribution in [1.29, 1.82) is 0 Å². The van der Waals surface area contributed by atoms with Gasteiger partial charge in [-0.05, 0) is 32.0 Å². The summed E-state index contributed by atoms with van der Waals surface area (Å²) in [4.78, 5) is 8.38. The fraction of sp³-hybridized carbons (Fsp3) is 0.643. The Morgan fingerprint density at radius 3 is 3.05 bits per heavy atom. The Kier molecular flexibility index (Phi) is 4.71. The predicted octanol–water partition coefficient (Wildman–Crippen LogP) is 1.63. The molecule has 0 spiro atoms. The number of rotatable bonds is 5. The number of nitrogens with zero attached hydrogens (tertiary/aromatic N) is 3. The van der Waals surface area contributed by atoms with Crippen molar-refractivity contribution in [2.24, 2.45) is 0 Å². The second-order valence-electron chi connectivity index (χ2n) is 5.07. The zero-order chi connectivity index (χ0) is 13.8. The van der Waals surface area contributed by atoms with Gasteiger partial charge < -0.3 is 10.0 Å². The molecule has 0 bridgehead atoms. The molecular weight excluding hydrogens is 245 g/mol. The monoisotopic (exact) mass is 267 g/mol. The Labute approximate surface area is 113 Å². The summed E-state index contributed by atoms with van der Waals surface area (Å²) in [6.45, 7) is 4.79. The lowest BCUT2D eigenvalue weighted by atomic mass is 10.2. The predicted molar refractivity (Wildman–Crippen MR) is 73.7 cm³/mol. The minimum absolute atomic E-state index is 0.292. The molecule has 2 rings (SSSR count). The largest absolute Gasteiger partial charge is 0.392 e. The first-order valence-electron chi connectivity index (χ1n) is 6.86. The van der Waals surface area contributed by atoms with Crippen LogP contribution in [0.4, 0.5) is 10.2 Å². The van der Waals surface area contributed by atoms with Gasteiger partial charge in [-0.1, -0.05) is 6.92 Å². The van der Waals surface area contributed by atoms with Crippen LogP contribution in [0.3, 0.4) is 0 Å². The number of aliphatic hydroxyl groups is 1. The molecule has 106 valence electrons. The number of likely N-dealkylation sites (tertiary alicyclic amines) is 1. The lowest BCUT2D eigenvalue weighted by Crippen LogP contribution is -2.39. The molecule has 0 saturated carbocycles. The molecule has 1 aromatic heterocycles. The van der Waals surface area contributed by atoms with Crippen LogP contribution in [0.1, 0.15) is 25.3 Å². The van der Waals surface area contributed by atoms with Gasteiger partial charge in [0.05, 0.1) is 6.61 Å². The van der Waals surface area contributed by atoms with Crippen molar-refractivity contribution >= 4 is 5.82 Å². The first-order chi connectivity index (χ1) is 9.17. The highest BCUT2D eigenvalue weighted by Gasteiger charge is 2.25. The molecule has 1 N–H and O–H groups in total. The van der Waals surface area contributed by atoms with Crippen LogP contribution in [-0.4, -0.2) is 47.7 Å². The van der Waals surface area contributed by atoms with Gasteiger partial charge in [-0.3, -0.25) is 4.90 Å². The SMILES string of the molecule is CCN1CCCC1CN(C)c1nccc(CO)c1F. The van der Waals surface area contributed by atoms with E-state index in [1.54, 1.807) is 6.20 Å². The fourth-order valence-electron chi connectivity index (χ4n) is 2.78. The first-order valence-corrected chi connectivity index (χ1v) is 6.86. The average Bonchev–Trinajstić information content (AvgIpc) is 2.86. The molecule has 1 aliphatic heterocycles. The van der Waals surface area contributed by atoms with Crippen molar-refractivity contribution in [2.75, 3.05) is 31.6 Å². The van der Waals surface area contributed by atoms with Gasteiger partial charge in [-0.25, -0.2) is 9.37 Å². The summed E-state index contributed by atoms with van der Waals surface area (Å²) in [7, 11) is 1.86. The lowest BCUT2D eigenvalue weighted by Gasteiger charge is -2.28. The minimum Gasteiger partial charge on any atom is -0.392 e. The van der Waals surface area contributed by atoms with Crippen molar-refractivity contribution < 1.29 is 9.50 Å². The van der Waals surface area contributed by atoms with E-state index >= 15 is 0 Å². The van der Waals surface area contributed by atoms with Gasteiger partial charge in [-0.2, -0.15) is 0 Å². The molecular formula is C14H22FN3O. The van der Waals surface area contributed by atoms with Crippen LogP contribution >= 0.6 is 0 Å². The van der Waals surface area contributed by atoms with Gasteiger partial charge in [-0.15, -0.1) is 0 Å². The van der Waals surface area contributed by atoms with Crippen LogP contribution in [0.5, 0.6) is 0 Å². The summed E-state index contributed by atoms with van der Waals surface area (Å²) in [5.41, 5.74) is 0.301. The van der Waals surface area contributed by atoms with Crippen LogP contribution in [0.15, 0.2) is 12.3 Å². The highest BCUT2D eigenvalue weighted by atomic mass is 19.1. The molecule has 1 aromatic rings. The minimum atomic E-state index is -0.409. The second kappa shape index (κ2) is 6.30. The van der Waals surface area contributed by atoms with Gasteiger partial charge >= 0.3 is 0 Å². The zero-order valence-electron chi connectivity index (χ0n) is 11.6. The van der Waals surface area contributed by atoms with Gasteiger partial charge in [0.2, 0.25) is 0 Å². The normalized spacial score (nSPS) is 19.9. The third kappa shape index (κ3) is 3.04. The fourth-order valence-corrected chi connectivity index (χ4v) is 2.78. The molecule has 2 heterocycles. The van der Waals surface area contributed by atoms with E-state index in [1.807, 2.05) is 11.9 Å². The molecule has 0 aromatic carbocycles. The molecule has 1 unspecified atom stereocenters. The van der Waals surface area contributed by atoms with Gasteiger partial charge in [0.25, 0.3) is 0 Å². The van der Waals surface area contributed by atoms with Gasteiger partial charge in [0, 0.05) is 31.4 Å². The van der Waals surface area contributed by atoms with Crippen LogP contribution in [0.25, 0.3) is 0 Å². The quantitative estimate of drug-likeness (QED) is 0.880. The summed E-state index contributed by atoms with van der Waals surface area (Å²) in [5, 5.41) is 9.09. The standard InChI is InChI=1S/C14H22FN3O/c1-3-18-8-4-5-12(18)9-17(2)14-13(15)11(10-19)6-7-16-14/h6-7,12,19H,3-5,8-10H2,1-2H3. The number of hydrogen-bond donors (Lipinski definition) is 1. The van der Waals surface area contributed by atoms with Crippen LogP contribution in [-0.2, 0) is 6.61 Å². The van der Waals surface area contributed by atoms with Crippen LogP contribution in [0, 0.1) is 5.82 Å². The molecule has 0 amide bonds. The summed E-state index contributed by atoms with van der Waals surface area (Å²) < 4.78 is 14.1. The van der Waals surface area contributed by atoms with E-state index in [0.29, 0.717) is 17.4 Å². The number of pyridine rings is 1. The summed E-state index contributed by atoms with van der Waals surface area (Å²) >= 11 is 0. The Balaban J connectivity index is 2.09. The molecule has 19 heavy (non-hydrogen) atoms. The van der Waals surface area contributed by atoms with Gasteiger partial charge in [0.15, 0.2) is 11.6 Å². The highest BCUT2D eigenvalue weighted by molar-refractivity contribution is 5.42. The van der Waals surface area contributed by atoms with E-state index in [0.717, 1.165) is 26.1 Å². The van der Waals surface area contributed by atoms with Crippen molar-refractivity contribution in [3.05, 3.63) is 23.6 Å². The van der Waals surface area contributed by atoms with Crippen molar-refractivity contribution in [1.82, 2.24) is 9.88 Å². The van der Waals surface area contributed by atoms with E-state index in [1.165, 1.54) is 12.5 Å². The number of aromatic nitrogens is 1. The van der Waals surface area contributed by atoms with E-state index in [-0.39, 0.29) is 6.61 Å². The third-order valence-corrected chi connectivity index (χ3v) is 3.87. The molecule has 0 aliphatic carbocycles. The smallest absolute Gasteiger partial charge is 0.171 e. The Morgan fingerprint density at radius 2 is 2.37 bits per heavy atom. The molecule has 5 heteroatoms. The highest BCUT2D eigenvalue weighted by Crippen LogP contribution is 2.22. The number of likely N-dealkylation sites (N-methyl/N-ethyl adjacent to an activating group) is 2. The number of anilines is 1. The van der Waals surface area contributed by atoms with E-state index in [9.17, 15) is 4.39 Å². The lowest BCUT2D eigenvalue weighted by molar-refractivity contribution is 0.269. The van der Waals surface area contributed by atoms with E-state index < -0.39 is 5.82 Å². The molecule has 1 fully saturated rings. The van der Waals surface area contributed by atoms with Crippen LogP contribution < -0.4 is 4.90 Å². The zero-order valence-corrected chi connectivity index (χ0v) is 11.6. The average molecular weight is 267 g/mol. The number of hydrogen-bond acceptors (Lipinski definition) is 4. The summed E-state index contributed by atoms with van der Waals surface area (Å²) in [6.07, 6.45) is 3.91. The molecule has 1 aliphatic rings. The Hall–Kier alpha value is -1.20. The maximum atomic E-state index is 14.1. The molecule has 1 saturated heterocycles. The molecule has 4 nitrogen and oxygen atoms in total. The summed E-state index contributed by atoms with van der Waals surface area (Å²) in [5.74, 6) is -0.0805. The third-order valence-electron chi connectivity index (χ3n) is 3.87. The van der Waals surface area contributed by atoms with Crippen molar-refractivity contribution in [2.45, 2.75) is 32.4 Å². The Morgan fingerprint density at radius 1 is 1.58 bits per heavy atom. The Bertz CT molecular complexity index is 427. The molecule has 0 radical (unpaired) electrons. The first kappa shape index (κ1) is 14.2. The topological polar surface area (TPSA) is 39.6 Å². The maximum Gasteiger partial charge on any atom is 0.171 e. The van der Waals surface area contributed by atoms with Gasteiger partial charge in [0.1, 0.15) is 0 Å². The van der Waals surface area contributed by atoms with E-state index in [2.05, 4.69) is 16.8 Å². The van der Waals surface area contributed by atoms with Crippen molar-refractivity contribution in [3.8, 4) is 0 Å². The molecule has 1 atom stereocenters. The van der Waals surface area contributed by atoms with Crippen LogP contribution in [0.2, 0.25) is 0 Å². The maximum absolute atomic E-state index is 14.1. The van der Waals surface area contributed by atoms with Crippen molar-refractivity contribution in [3.63, 3.8) is 0 Å². The second-order valence-corrected chi connectivity index (χ2v) is 5.07. The van der Waals surface area contributed by atoms with E-state index in [4.69, 9.17) is 5.11 Å². The summed E-state index contributed by atoms with van der Waals surface area (Å²) in [6, 6.07) is 1.98. The number of aliphatic hydroxyl groups excluding tert-OH is 1.